The molecule has 0 unspecified atom stereocenters. The maximum Gasteiger partial charge on any atom is 0.257 e. The molecular formula is C20H16ClN3O. The maximum absolute atomic E-state index is 12.5. The summed E-state index contributed by atoms with van der Waals surface area (Å²) in [6, 6.07) is 17.2. The molecule has 124 valence electrons. The van der Waals surface area contributed by atoms with Crippen molar-refractivity contribution in [2.24, 2.45) is 0 Å². The Balaban J connectivity index is 1.57. The number of rotatable bonds is 3. The van der Waals surface area contributed by atoms with Crippen LogP contribution in [0.25, 0.3) is 0 Å². The Morgan fingerprint density at radius 3 is 2.72 bits per heavy atom. The van der Waals surface area contributed by atoms with Gasteiger partial charge in [0.2, 0.25) is 0 Å². The summed E-state index contributed by atoms with van der Waals surface area (Å²) in [5, 5.41) is 3.50. The van der Waals surface area contributed by atoms with E-state index < -0.39 is 0 Å². The molecule has 1 N–H and O–H groups in total. The number of carbonyl (C=O) groups is 1. The molecular weight excluding hydrogens is 334 g/mol. The van der Waals surface area contributed by atoms with Crippen LogP contribution in [0.3, 0.4) is 0 Å². The second-order valence-electron chi connectivity index (χ2n) is 5.92. The van der Waals surface area contributed by atoms with Crippen molar-refractivity contribution in [1.29, 1.82) is 0 Å². The van der Waals surface area contributed by atoms with E-state index in [1.807, 2.05) is 12.1 Å². The summed E-state index contributed by atoms with van der Waals surface area (Å²) in [7, 11) is 0. The van der Waals surface area contributed by atoms with Gasteiger partial charge in [0.25, 0.3) is 5.91 Å². The van der Waals surface area contributed by atoms with Gasteiger partial charge >= 0.3 is 0 Å². The summed E-state index contributed by atoms with van der Waals surface area (Å²) in [6.45, 7) is 0.892. The van der Waals surface area contributed by atoms with Gasteiger partial charge in [-0.05, 0) is 48.4 Å². The topological polar surface area (TPSA) is 45.2 Å². The van der Waals surface area contributed by atoms with Crippen LogP contribution in [0, 0.1) is 0 Å². The van der Waals surface area contributed by atoms with Crippen molar-refractivity contribution < 1.29 is 4.79 Å². The highest BCUT2D eigenvalue weighted by molar-refractivity contribution is 6.30. The lowest BCUT2D eigenvalue weighted by Gasteiger charge is -2.19. The minimum Gasteiger partial charge on any atom is -0.340 e. The molecule has 1 aliphatic rings. The normalized spacial score (nSPS) is 12.8. The van der Waals surface area contributed by atoms with Gasteiger partial charge in [-0.25, -0.2) is 0 Å². The van der Waals surface area contributed by atoms with E-state index in [1.54, 1.807) is 36.7 Å². The third kappa shape index (κ3) is 3.21. The number of carbonyl (C=O) groups excluding carboxylic acids is 1. The highest BCUT2D eigenvalue weighted by atomic mass is 35.5. The van der Waals surface area contributed by atoms with E-state index in [4.69, 9.17) is 11.6 Å². The minimum atomic E-state index is -0.191. The number of anilines is 3. The van der Waals surface area contributed by atoms with Crippen molar-refractivity contribution in [1.82, 2.24) is 4.98 Å². The number of amides is 1. The van der Waals surface area contributed by atoms with Crippen LogP contribution in [0.15, 0.2) is 67.0 Å². The number of halogens is 1. The average Bonchev–Trinajstić information content (AvgIpc) is 3.08. The van der Waals surface area contributed by atoms with Gasteiger partial charge in [-0.2, -0.15) is 0 Å². The highest BCUT2D eigenvalue weighted by Crippen LogP contribution is 2.34. The summed E-state index contributed by atoms with van der Waals surface area (Å²) in [5.74, 6) is -0.191. The first-order valence-corrected chi connectivity index (χ1v) is 8.46. The van der Waals surface area contributed by atoms with Crippen molar-refractivity contribution in [3.8, 4) is 0 Å². The van der Waals surface area contributed by atoms with Gasteiger partial charge in [-0.1, -0.05) is 29.8 Å². The van der Waals surface area contributed by atoms with E-state index >= 15 is 0 Å². The van der Waals surface area contributed by atoms with E-state index in [0.29, 0.717) is 16.3 Å². The Hall–Kier alpha value is -2.85. The van der Waals surface area contributed by atoms with Crippen LogP contribution in [0.2, 0.25) is 5.02 Å². The second kappa shape index (κ2) is 6.57. The number of aromatic nitrogens is 1. The summed E-state index contributed by atoms with van der Waals surface area (Å²) in [4.78, 5) is 19.0. The molecule has 0 fully saturated rings. The predicted octanol–water partition coefficient (Wildman–Crippen LogP) is 4.68. The Labute approximate surface area is 151 Å². The lowest BCUT2D eigenvalue weighted by molar-refractivity contribution is 0.102. The molecule has 25 heavy (non-hydrogen) atoms. The monoisotopic (exact) mass is 349 g/mol. The molecule has 0 saturated carbocycles. The van der Waals surface area contributed by atoms with Gasteiger partial charge in [-0.15, -0.1) is 0 Å². The van der Waals surface area contributed by atoms with Crippen molar-refractivity contribution in [2.75, 3.05) is 16.8 Å². The fraction of sp³-hybridized carbons (Fsp3) is 0.100. The lowest BCUT2D eigenvalue weighted by atomic mass is 10.2. The zero-order chi connectivity index (χ0) is 17.2. The summed E-state index contributed by atoms with van der Waals surface area (Å²) < 4.78 is 0. The van der Waals surface area contributed by atoms with Gasteiger partial charge in [0.05, 0.1) is 17.4 Å². The van der Waals surface area contributed by atoms with Crippen LogP contribution in [-0.2, 0) is 6.42 Å². The number of benzene rings is 2. The Morgan fingerprint density at radius 2 is 1.88 bits per heavy atom. The molecule has 0 saturated heterocycles. The van der Waals surface area contributed by atoms with Crippen LogP contribution in [0.1, 0.15) is 15.9 Å². The number of fused-ring (bicyclic) bond motifs is 1. The molecule has 4 nitrogen and oxygen atoms in total. The predicted molar refractivity (Wildman–Crippen MR) is 101 cm³/mol. The van der Waals surface area contributed by atoms with Crippen molar-refractivity contribution in [3.63, 3.8) is 0 Å². The van der Waals surface area contributed by atoms with Crippen LogP contribution in [-0.4, -0.2) is 17.4 Å². The summed E-state index contributed by atoms with van der Waals surface area (Å²) >= 11 is 5.87. The molecule has 4 rings (SSSR count). The molecule has 1 aliphatic heterocycles. The quantitative estimate of drug-likeness (QED) is 0.746. The number of hydrogen-bond donors (Lipinski definition) is 1. The molecule has 0 atom stereocenters. The van der Waals surface area contributed by atoms with Crippen LogP contribution in [0.4, 0.5) is 17.1 Å². The molecule has 5 heteroatoms. The zero-order valence-electron chi connectivity index (χ0n) is 13.4. The van der Waals surface area contributed by atoms with Crippen molar-refractivity contribution in [2.45, 2.75) is 6.42 Å². The maximum atomic E-state index is 12.5. The van der Waals surface area contributed by atoms with E-state index in [0.717, 1.165) is 18.7 Å². The first-order valence-electron chi connectivity index (χ1n) is 8.08. The molecule has 1 aromatic heterocycles. The molecule has 3 aromatic rings. The van der Waals surface area contributed by atoms with Crippen LogP contribution in [0.5, 0.6) is 0 Å². The smallest absolute Gasteiger partial charge is 0.257 e. The number of nitrogens with one attached hydrogen (secondary N) is 1. The van der Waals surface area contributed by atoms with Crippen LogP contribution >= 0.6 is 11.6 Å². The molecule has 2 aromatic carbocycles. The average molecular weight is 350 g/mol. The van der Waals surface area contributed by atoms with Gasteiger partial charge in [0.15, 0.2) is 0 Å². The number of para-hydroxylation sites is 1. The minimum absolute atomic E-state index is 0.191. The molecule has 0 radical (unpaired) electrons. The zero-order valence-corrected chi connectivity index (χ0v) is 14.2. The fourth-order valence-corrected chi connectivity index (χ4v) is 3.17. The molecule has 1 amide bonds. The van der Waals surface area contributed by atoms with Crippen molar-refractivity contribution in [3.05, 3.63) is 83.1 Å². The van der Waals surface area contributed by atoms with Crippen molar-refractivity contribution >= 4 is 34.6 Å². The van der Waals surface area contributed by atoms with Gasteiger partial charge in [-0.3, -0.25) is 9.78 Å². The largest absolute Gasteiger partial charge is 0.340 e. The summed E-state index contributed by atoms with van der Waals surface area (Å²) in [5.41, 5.74) is 4.65. The SMILES string of the molecule is O=C(Nc1ccc(Cl)cc1)c1cncc(N2CCc3ccccc32)c1. The molecule has 2 heterocycles. The Morgan fingerprint density at radius 1 is 1.08 bits per heavy atom. The third-order valence-electron chi connectivity index (χ3n) is 4.29. The molecule has 0 spiro atoms. The first kappa shape index (κ1) is 15.7. The van der Waals surface area contributed by atoms with E-state index in [1.165, 1.54) is 11.3 Å². The Kier molecular flexibility index (Phi) is 4.12. The van der Waals surface area contributed by atoms with E-state index in [9.17, 15) is 4.79 Å². The lowest BCUT2D eigenvalue weighted by Crippen LogP contribution is -2.16. The van der Waals surface area contributed by atoms with Crippen LogP contribution < -0.4 is 10.2 Å². The molecule has 0 aliphatic carbocycles. The van der Waals surface area contributed by atoms with Gasteiger partial charge in [0, 0.05) is 29.1 Å². The van der Waals surface area contributed by atoms with E-state index in [-0.39, 0.29) is 5.91 Å². The van der Waals surface area contributed by atoms with Gasteiger partial charge < -0.3 is 10.2 Å². The van der Waals surface area contributed by atoms with Gasteiger partial charge in [0.1, 0.15) is 0 Å². The fourth-order valence-electron chi connectivity index (χ4n) is 3.04. The summed E-state index contributed by atoms with van der Waals surface area (Å²) in [6.07, 6.45) is 4.37. The first-order chi connectivity index (χ1) is 12.2. The Bertz CT molecular complexity index is 924. The van der Waals surface area contributed by atoms with E-state index in [2.05, 4.69) is 33.4 Å². The standard InChI is InChI=1S/C20H16ClN3O/c21-16-5-7-17(8-6-16)23-20(25)15-11-18(13-22-12-15)24-10-9-14-3-1-2-4-19(14)24/h1-8,11-13H,9-10H2,(H,23,25). The number of hydrogen-bond acceptors (Lipinski definition) is 3. The molecule has 0 bridgehead atoms. The highest BCUT2D eigenvalue weighted by Gasteiger charge is 2.20. The number of pyridine rings is 1. The number of nitrogens with zero attached hydrogens (tertiary/aromatic N) is 2. The second-order valence-corrected chi connectivity index (χ2v) is 6.36. The third-order valence-corrected chi connectivity index (χ3v) is 4.54.